The number of phenolic OH excluding ortho intramolecular Hbond substituents is 2. The maximum absolute atomic E-state index is 9.88. The molecule has 2 aromatic rings. The van der Waals surface area contributed by atoms with Crippen molar-refractivity contribution in [1.82, 2.24) is 9.97 Å². The molecule has 0 atom stereocenters. The Balaban J connectivity index is 1.83. The van der Waals surface area contributed by atoms with Crippen LogP contribution in [0.2, 0.25) is 0 Å². The van der Waals surface area contributed by atoms with E-state index in [0.717, 1.165) is 0 Å². The van der Waals surface area contributed by atoms with E-state index in [1.54, 1.807) is 13.0 Å². The van der Waals surface area contributed by atoms with E-state index >= 15 is 0 Å². The highest BCUT2D eigenvalue weighted by atomic mass is 16.9. The predicted octanol–water partition coefficient (Wildman–Crippen LogP) is 2.18. The zero-order chi connectivity index (χ0) is 19.7. The van der Waals surface area contributed by atoms with Crippen LogP contribution in [0.3, 0.4) is 0 Å². The number of ether oxygens (including phenoxy) is 4. The number of anilines is 1. The van der Waals surface area contributed by atoms with Crippen molar-refractivity contribution in [3.63, 3.8) is 0 Å². The number of morpholine rings is 1. The van der Waals surface area contributed by atoms with Crippen molar-refractivity contribution in [2.75, 3.05) is 37.8 Å². The van der Waals surface area contributed by atoms with Crippen LogP contribution in [0.1, 0.15) is 25.8 Å². The van der Waals surface area contributed by atoms with Crippen LogP contribution < -0.4 is 9.64 Å². The van der Waals surface area contributed by atoms with Crippen LogP contribution in [0, 0.1) is 0 Å². The molecule has 2 saturated heterocycles. The normalized spacial score (nSPS) is 22.0. The number of aromatic hydroxyl groups is 2. The molecule has 4 rings (SSSR count). The van der Waals surface area contributed by atoms with Crippen molar-refractivity contribution >= 4 is 5.82 Å². The van der Waals surface area contributed by atoms with Gasteiger partial charge in [0.1, 0.15) is 5.69 Å². The molecule has 0 radical (unpaired) electrons. The van der Waals surface area contributed by atoms with E-state index in [0.29, 0.717) is 61.6 Å². The third-order valence-corrected chi connectivity index (χ3v) is 4.56. The number of hydrogen-bond donors (Lipinski definition) is 2. The van der Waals surface area contributed by atoms with Crippen LogP contribution in [0.5, 0.6) is 17.2 Å². The van der Waals surface area contributed by atoms with Gasteiger partial charge in [0.15, 0.2) is 35.2 Å². The maximum atomic E-state index is 9.88. The van der Waals surface area contributed by atoms with Gasteiger partial charge in [0, 0.05) is 18.7 Å². The SMILES string of the molecule is CCOc1c(C2OC(C)O2)nc(-c2ccc(O)c(O)c2)nc1N1CCOCC1. The van der Waals surface area contributed by atoms with Crippen LogP contribution >= 0.6 is 0 Å². The Hall–Kier alpha value is -2.62. The molecule has 2 aliphatic rings. The summed E-state index contributed by atoms with van der Waals surface area (Å²) < 4.78 is 22.7. The molecule has 0 unspecified atom stereocenters. The Bertz CT molecular complexity index is 850. The second-order valence-electron chi connectivity index (χ2n) is 6.49. The topological polar surface area (TPSA) is 106 Å². The van der Waals surface area contributed by atoms with Crippen molar-refractivity contribution in [1.29, 1.82) is 0 Å². The minimum Gasteiger partial charge on any atom is -0.504 e. The van der Waals surface area contributed by atoms with Crippen molar-refractivity contribution in [2.24, 2.45) is 0 Å². The second-order valence-corrected chi connectivity index (χ2v) is 6.49. The first-order valence-corrected chi connectivity index (χ1v) is 9.27. The molecule has 1 aromatic heterocycles. The standard InChI is InChI=1S/C19H23N3O6/c1-3-26-16-15(19-27-11(2)28-19)20-17(12-4-5-13(23)14(24)10-12)21-18(16)22-6-8-25-9-7-22/h4-5,10-11,19,23-24H,3,6-9H2,1-2H3. The largest absolute Gasteiger partial charge is 0.504 e. The predicted molar refractivity (Wildman–Crippen MR) is 99.4 cm³/mol. The summed E-state index contributed by atoms with van der Waals surface area (Å²) in [7, 11) is 0. The van der Waals surface area contributed by atoms with Crippen molar-refractivity contribution in [3.05, 3.63) is 23.9 Å². The molecule has 9 nitrogen and oxygen atoms in total. The van der Waals surface area contributed by atoms with Crippen LogP contribution in [0.15, 0.2) is 18.2 Å². The smallest absolute Gasteiger partial charge is 0.210 e. The molecule has 0 saturated carbocycles. The van der Waals surface area contributed by atoms with E-state index in [9.17, 15) is 10.2 Å². The third-order valence-electron chi connectivity index (χ3n) is 4.56. The Morgan fingerprint density at radius 3 is 2.54 bits per heavy atom. The lowest BCUT2D eigenvalue weighted by Crippen LogP contribution is -2.38. The fourth-order valence-electron chi connectivity index (χ4n) is 3.17. The molecule has 2 aliphatic heterocycles. The number of nitrogens with zero attached hydrogens (tertiary/aromatic N) is 3. The highest BCUT2D eigenvalue weighted by molar-refractivity contribution is 5.66. The summed E-state index contributed by atoms with van der Waals surface area (Å²) in [6.07, 6.45) is -0.966. The van der Waals surface area contributed by atoms with Gasteiger partial charge < -0.3 is 34.1 Å². The number of hydrogen-bond acceptors (Lipinski definition) is 9. The zero-order valence-electron chi connectivity index (χ0n) is 15.8. The number of phenols is 2. The van der Waals surface area contributed by atoms with Gasteiger partial charge in [-0.05, 0) is 32.0 Å². The van der Waals surface area contributed by atoms with E-state index in [2.05, 4.69) is 9.88 Å². The van der Waals surface area contributed by atoms with Gasteiger partial charge >= 0.3 is 0 Å². The van der Waals surface area contributed by atoms with E-state index in [-0.39, 0.29) is 17.8 Å². The van der Waals surface area contributed by atoms with Crippen LogP contribution in [-0.2, 0) is 14.2 Å². The lowest BCUT2D eigenvalue weighted by Gasteiger charge is -2.35. The van der Waals surface area contributed by atoms with Gasteiger partial charge in [-0.25, -0.2) is 9.97 Å². The van der Waals surface area contributed by atoms with Crippen LogP contribution in [-0.4, -0.2) is 59.4 Å². The molecule has 0 bridgehead atoms. The number of benzene rings is 1. The van der Waals surface area contributed by atoms with Gasteiger partial charge in [-0.3, -0.25) is 0 Å². The monoisotopic (exact) mass is 389 g/mol. The van der Waals surface area contributed by atoms with Crippen LogP contribution in [0.25, 0.3) is 11.4 Å². The van der Waals surface area contributed by atoms with Gasteiger partial charge in [0.25, 0.3) is 0 Å². The fraction of sp³-hybridized carbons (Fsp3) is 0.474. The molecule has 1 aromatic carbocycles. The molecule has 28 heavy (non-hydrogen) atoms. The first-order chi connectivity index (χ1) is 13.6. The molecule has 150 valence electrons. The molecular weight excluding hydrogens is 366 g/mol. The minimum atomic E-state index is -0.649. The Labute approximate surface area is 162 Å². The molecule has 2 N–H and O–H groups in total. The van der Waals surface area contributed by atoms with E-state index < -0.39 is 6.29 Å². The first-order valence-electron chi connectivity index (χ1n) is 9.27. The maximum Gasteiger partial charge on any atom is 0.210 e. The number of rotatable bonds is 5. The van der Waals surface area contributed by atoms with Gasteiger partial charge in [0.05, 0.1) is 19.8 Å². The molecular formula is C19H23N3O6. The van der Waals surface area contributed by atoms with Gasteiger partial charge in [-0.15, -0.1) is 0 Å². The van der Waals surface area contributed by atoms with E-state index in [1.807, 2.05) is 6.92 Å². The molecule has 0 aliphatic carbocycles. The average molecular weight is 389 g/mol. The third kappa shape index (κ3) is 3.56. The van der Waals surface area contributed by atoms with E-state index in [4.69, 9.17) is 23.9 Å². The van der Waals surface area contributed by atoms with Gasteiger partial charge in [0.2, 0.25) is 6.29 Å². The summed E-state index contributed by atoms with van der Waals surface area (Å²) in [5.41, 5.74) is 1.06. The summed E-state index contributed by atoms with van der Waals surface area (Å²) in [4.78, 5) is 11.4. The zero-order valence-corrected chi connectivity index (χ0v) is 15.8. The summed E-state index contributed by atoms with van der Waals surface area (Å²) in [6.45, 7) is 6.65. The molecule has 0 amide bonds. The lowest BCUT2D eigenvalue weighted by molar-refractivity contribution is -0.384. The molecule has 3 heterocycles. The van der Waals surface area contributed by atoms with Gasteiger partial charge in [-0.1, -0.05) is 0 Å². The van der Waals surface area contributed by atoms with E-state index in [1.165, 1.54) is 12.1 Å². The Morgan fingerprint density at radius 1 is 1.14 bits per heavy atom. The Morgan fingerprint density at radius 2 is 1.89 bits per heavy atom. The summed E-state index contributed by atoms with van der Waals surface area (Å²) >= 11 is 0. The lowest BCUT2D eigenvalue weighted by atomic mass is 10.1. The summed E-state index contributed by atoms with van der Waals surface area (Å²) in [6, 6.07) is 4.46. The molecule has 0 spiro atoms. The van der Waals surface area contributed by atoms with Crippen molar-refractivity contribution < 1.29 is 29.2 Å². The van der Waals surface area contributed by atoms with Gasteiger partial charge in [-0.2, -0.15) is 0 Å². The fourth-order valence-corrected chi connectivity index (χ4v) is 3.17. The minimum absolute atomic E-state index is 0.206. The molecule has 2 fully saturated rings. The number of aromatic nitrogens is 2. The first kappa shape index (κ1) is 18.7. The Kier molecular flexibility index (Phi) is 5.21. The second kappa shape index (κ2) is 7.78. The average Bonchev–Trinajstić information content (AvgIpc) is 2.69. The van der Waals surface area contributed by atoms with Crippen molar-refractivity contribution in [3.8, 4) is 28.6 Å². The summed E-state index contributed by atoms with van der Waals surface area (Å²) in [5, 5.41) is 19.5. The van der Waals surface area contributed by atoms with Crippen LogP contribution in [0.4, 0.5) is 5.82 Å². The van der Waals surface area contributed by atoms with Crippen molar-refractivity contribution in [2.45, 2.75) is 26.4 Å². The summed E-state index contributed by atoms with van der Waals surface area (Å²) in [5.74, 6) is 1.08. The quantitative estimate of drug-likeness (QED) is 0.744. The molecule has 9 heteroatoms. The highest BCUT2D eigenvalue weighted by Crippen LogP contribution is 2.42. The highest BCUT2D eigenvalue weighted by Gasteiger charge is 2.36.